The smallest absolute Gasteiger partial charge is 0.0401 e. The highest BCUT2D eigenvalue weighted by Gasteiger charge is 2.24. The van der Waals surface area contributed by atoms with E-state index in [1.54, 1.807) is 0 Å². The van der Waals surface area contributed by atoms with Crippen molar-refractivity contribution in [3.05, 3.63) is 29.3 Å². The van der Waals surface area contributed by atoms with Gasteiger partial charge in [-0.2, -0.15) is 0 Å². The summed E-state index contributed by atoms with van der Waals surface area (Å²) in [7, 11) is 0. The topological polar surface area (TPSA) is 15.3 Å². The van der Waals surface area contributed by atoms with E-state index in [0.717, 1.165) is 13.1 Å². The molecule has 0 radical (unpaired) electrons. The number of aryl methyl sites for hydroxylation is 2. The van der Waals surface area contributed by atoms with Crippen LogP contribution in [0.25, 0.3) is 0 Å². The predicted molar refractivity (Wildman–Crippen MR) is 84.0 cm³/mol. The summed E-state index contributed by atoms with van der Waals surface area (Å²) >= 11 is 0. The molecule has 0 aromatic heterocycles. The van der Waals surface area contributed by atoms with Gasteiger partial charge in [0.25, 0.3) is 0 Å². The first-order valence-corrected chi connectivity index (χ1v) is 7.70. The molecule has 1 heterocycles. The average molecular weight is 260 g/mol. The SMILES string of the molecule is CCNCC(C)C(C)N1CCCc2cc(C)ccc21. The molecular formula is C17H28N2. The molecule has 1 N–H and O–H groups in total. The molecular weight excluding hydrogens is 232 g/mol. The zero-order chi connectivity index (χ0) is 13.8. The highest BCUT2D eigenvalue weighted by atomic mass is 15.2. The van der Waals surface area contributed by atoms with Crippen LogP contribution in [0, 0.1) is 12.8 Å². The second-order valence-electron chi connectivity index (χ2n) is 5.95. The molecule has 0 amide bonds. The Balaban J connectivity index is 2.14. The Hall–Kier alpha value is -1.02. The third-order valence-electron chi connectivity index (χ3n) is 4.42. The van der Waals surface area contributed by atoms with Gasteiger partial charge in [-0.15, -0.1) is 0 Å². The number of fused-ring (bicyclic) bond motifs is 1. The molecule has 0 spiro atoms. The summed E-state index contributed by atoms with van der Waals surface area (Å²) in [5.74, 6) is 0.673. The molecule has 1 aromatic carbocycles. The van der Waals surface area contributed by atoms with Crippen LogP contribution in [-0.2, 0) is 6.42 Å². The Morgan fingerprint density at radius 3 is 2.84 bits per heavy atom. The Labute approximate surface area is 118 Å². The van der Waals surface area contributed by atoms with E-state index in [1.807, 2.05) is 0 Å². The van der Waals surface area contributed by atoms with Gasteiger partial charge in [-0.3, -0.25) is 0 Å². The van der Waals surface area contributed by atoms with Gasteiger partial charge in [-0.1, -0.05) is 31.5 Å². The molecule has 2 heteroatoms. The Bertz CT molecular complexity index is 414. The lowest BCUT2D eigenvalue weighted by Gasteiger charge is -2.39. The van der Waals surface area contributed by atoms with Crippen LogP contribution in [0.4, 0.5) is 5.69 Å². The molecule has 0 aliphatic carbocycles. The monoisotopic (exact) mass is 260 g/mol. The van der Waals surface area contributed by atoms with Crippen molar-refractivity contribution in [3.8, 4) is 0 Å². The Morgan fingerprint density at radius 1 is 1.32 bits per heavy atom. The van der Waals surface area contributed by atoms with Crippen LogP contribution in [0.3, 0.4) is 0 Å². The molecule has 2 rings (SSSR count). The Kier molecular flexibility index (Phi) is 4.87. The number of nitrogens with zero attached hydrogens (tertiary/aromatic N) is 1. The number of nitrogens with one attached hydrogen (secondary N) is 1. The van der Waals surface area contributed by atoms with Gasteiger partial charge in [0, 0.05) is 18.3 Å². The number of benzene rings is 1. The molecule has 1 aromatic rings. The second-order valence-corrected chi connectivity index (χ2v) is 5.95. The van der Waals surface area contributed by atoms with E-state index in [-0.39, 0.29) is 0 Å². The van der Waals surface area contributed by atoms with Crippen LogP contribution in [0.15, 0.2) is 18.2 Å². The van der Waals surface area contributed by atoms with Crippen LogP contribution < -0.4 is 10.2 Å². The standard InChI is InChI=1S/C17H28N2/c1-5-18-12-14(3)15(4)19-10-6-7-16-11-13(2)8-9-17(16)19/h8-9,11,14-15,18H,5-7,10,12H2,1-4H3. The summed E-state index contributed by atoms with van der Waals surface area (Å²) in [6.45, 7) is 12.5. The normalized spacial score (nSPS) is 18.0. The molecule has 1 aliphatic heterocycles. The number of hydrogen-bond donors (Lipinski definition) is 1. The van der Waals surface area contributed by atoms with Gasteiger partial charge < -0.3 is 10.2 Å². The molecule has 0 saturated carbocycles. The highest BCUT2D eigenvalue weighted by Crippen LogP contribution is 2.31. The molecule has 106 valence electrons. The maximum atomic E-state index is 3.47. The van der Waals surface area contributed by atoms with Crippen molar-refractivity contribution in [2.75, 3.05) is 24.5 Å². The Morgan fingerprint density at radius 2 is 2.11 bits per heavy atom. The second kappa shape index (κ2) is 6.42. The lowest BCUT2D eigenvalue weighted by molar-refractivity contribution is 0.417. The summed E-state index contributed by atoms with van der Waals surface area (Å²) in [6, 6.07) is 7.53. The van der Waals surface area contributed by atoms with Crippen LogP contribution in [-0.4, -0.2) is 25.7 Å². The third kappa shape index (κ3) is 3.30. The summed E-state index contributed by atoms with van der Waals surface area (Å²) in [5, 5.41) is 3.47. The van der Waals surface area contributed by atoms with E-state index < -0.39 is 0 Å². The summed E-state index contributed by atoms with van der Waals surface area (Å²) in [6.07, 6.45) is 2.52. The first kappa shape index (κ1) is 14.4. The van der Waals surface area contributed by atoms with Crippen LogP contribution in [0.1, 0.15) is 38.3 Å². The lowest BCUT2D eigenvalue weighted by Crippen LogP contribution is -2.43. The molecule has 1 aliphatic rings. The van der Waals surface area contributed by atoms with Crippen molar-refractivity contribution >= 4 is 5.69 Å². The maximum Gasteiger partial charge on any atom is 0.0401 e. The van der Waals surface area contributed by atoms with Crippen molar-refractivity contribution in [1.29, 1.82) is 0 Å². The van der Waals surface area contributed by atoms with Gasteiger partial charge in [-0.05, 0) is 57.3 Å². The van der Waals surface area contributed by atoms with Gasteiger partial charge in [0.05, 0.1) is 0 Å². The summed E-state index contributed by atoms with van der Waals surface area (Å²) in [5.41, 5.74) is 4.38. The maximum absolute atomic E-state index is 3.47. The molecule has 0 fully saturated rings. The predicted octanol–water partition coefficient (Wildman–Crippen LogP) is 3.38. The third-order valence-corrected chi connectivity index (χ3v) is 4.42. The average Bonchev–Trinajstić information content (AvgIpc) is 2.42. The summed E-state index contributed by atoms with van der Waals surface area (Å²) in [4.78, 5) is 2.61. The van der Waals surface area contributed by atoms with Crippen molar-refractivity contribution in [2.24, 2.45) is 5.92 Å². The number of rotatable bonds is 5. The molecule has 19 heavy (non-hydrogen) atoms. The first-order valence-electron chi connectivity index (χ1n) is 7.70. The fourth-order valence-corrected chi connectivity index (χ4v) is 3.03. The van der Waals surface area contributed by atoms with E-state index in [4.69, 9.17) is 0 Å². The fourth-order valence-electron chi connectivity index (χ4n) is 3.03. The van der Waals surface area contributed by atoms with Crippen LogP contribution >= 0.6 is 0 Å². The van der Waals surface area contributed by atoms with E-state index in [1.165, 1.54) is 36.2 Å². The molecule has 2 atom stereocenters. The van der Waals surface area contributed by atoms with Crippen molar-refractivity contribution < 1.29 is 0 Å². The van der Waals surface area contributed by atoms with Crippen molar-refractivity contribution in [2.45, 2.75) is 46.6 Å². The fraction of sp³-hybridized carbons (Fsp3) is 0.647. The summed E-state index contributed by atoms with van der Waals surface area (Å²) < 4.78 is 0. The molecule has 2 nitrogen and oxygen atoms in total. The van der Waals surface area contributed by atoms with Gasteiger partial charge in [0.1, 0.15) is 0 Å². The number of hydrogen-bond acceptors (Lipinski definition) is 2. The zero-order valence-electron chi connectivity index (χ0n) is 12.9. The molecule has 2 unspecified atom stereocenters. The van der Waals surface area contributed by atoms with E-state index in [0.29, 0.717) is 12.0 Å². The molecule has 0 bridgehead atoms. The zero-order valence-corrected chi connectivity index (χ0v) is 12.9. The quantitative estimate of drug-likeness (QED) is 0.873. The van der Waals surface area contributed by atoms with Gasteiger partial charge >= 0.3 is 0 Å². The number of anilines is 1. The minimum atomic E-state index is 0.598. The van der Waals surface area contributed by atoms with Gasteiger partial charge in [0.2, 0.25) is 0 Å². The van der Waals surface area contributed by atoms with Crippen LogP contribution in [0.5, 0.6) is 0 Å². The first-order chi connectivity index (χ1) is 9.13. The van der Waals surface area contributed by atoms with Crippen molar-refractivity contribution in [1.82, 2.24) is 5.32 Å². The molecule has 0 saturated heterocycles. The van der Waals surface area contributed by atoms with E-state index >= 15 is 0 Å². The van der Waals surface area contributed by atoms with Crippen LogP contribution in [0.2, 0.25) is 0 Å². The van der Waals surface area contributed by atoms with E-state index in [2.05, 4.69) is 56.1 Å². The van der Waals surface area contributed by atoms with Crippen molar-refractivity contribution in [3.63, 3.8) is 0 Å². The largest absolute Gasteiger partial charge is 0.368 e. The van der Waals surface area contributed by atoms with E-state index in [9.17, 15) is 0 Å². The highest BCUT2D eigenvalue weighted by molar-refractivity contribution is 5.57. The minimum Gasteiger partial charge on any atom is -0.368 e. The van der Waals surface area contributed by atoms with Gasteiger partial charge in [-0.25, -0.2) is 0 Å². The van der Waals surface area contributed by atoms with Gasteiger partial charge in [0.15, 0.2) is 0 Å². The minimum absolute atomic E-state index is 0.598. The lowest BCUT2D eigenvalue weighted by atomic mass is 9.94.